The Bertz CT molecular complexity index is 909. The zero-order chi connectivity index (χ0) is 17.4. The van der Waals surface area contributed by atoms with Gasteiger partial charge in [-0.05, 0) is 67.6 Å². The van der Waals surface area contributed by atoms with E-state index in [1.54, 1.807) is 6.20 Å². The molecule has 0 unspecified atom stereocenters. The predicted molar refractivity (Wildman–Crippen MR) is 102 cm³/mol. The van der Waals surface area contributed by atoms with Crippen LogP contribution in [0.4, 0.5) is 5.82 Å². The lowest BCUT2D eigenvalue weighted by Crippen LogP contribution is -2.26. The molecule has 5 heteroatoms. The Morgan fingerprint density at radius 3 is 2.80 bits per heavy atom. The van der Waals surface area contributed by atoms with Crippen molar-refractivity contribution in [2.75, 3.05) is 18.8 Å². The molecule has 1 saturated heterocycles. The highest BCUT2D eigenvalue weighted by Crippen LogP contribution is 2.38. The van der Waals surface area contributed by atoms with Crippen LogP contribution >= 0.6 is 0 Å². The van der Waals surface area contributed by atoms with Gasteiger partial charge in [0, 0.05) is 22.7 Å². The van der Waals surface area contributed by atoms with Crippen LogP contribution < -0.4 is 11.1 Å². The average molecular weight is 336 g/mol. The number of fused-ring (bicyclic) bond motifs is 1. The zero-order valence-corrected chi connectivity index (χ0v) is 14.5. The molecule has 0 atom stereocenters. The Morgan fingerprint density at radius 2 is 2.04 bits per heavy atom. The molecule has 0 bridgehead atoms. The number of nitrogens with two attached hydrogens (primary N) is 1. The fourth-order valence-electron chi connectivity index (χ4n) is 3.94. The van der Waals surface area contributed by atoms with Gasteiger partial charge in [-0.25, -0.2) is 4.98 Å². The molecule has 0 amide bonds. The predicted octanol–water partition coefficient (Wildman–Crippen LogP) is 3.55. The second-order valence-electron chi connectivity index (χ2n) is 6.75. The van der Waals surface area contributed by atoms with Crippen molar-refractivity contribution in [3.63, 3.8) is 0 Å². The Labute approximate surface area is 147 Å². The van der Waals surface area contributed by atoms with E-state index in [1.807, 2.05) is 6.07 Å². The minimum absolute atomic E-state index is 0.0438. The normalized spacial score (nSPS) is 15.7. The second-order valence-corrected chi connectivity index (χ2v) is 6.75. The maximum atomic E-state index is 10.3. The number of piperidine rings is 1. The van der Waals surface area contributed by atoms with Crippen molar-refractivity contribution in [1.29, 1.82) is 0 Å². The molecule has 0 spiro atoms. The Balaban J connectivity index is 1.85. The number of pyridine rings is 1. The number of hydrogen-bond donors (Lipinski definition) is 4. The van der Waals surface area contributed by atoms with Crippen molar-refractivity contribution in [2.24, 2.45) is 0 Å². The fraction of sp³-hybridized carbons (Fsp3) is 0.350. The van der Waals surface area contributed by atoms with E-state index in [1.165, 1.54) is 29.4 Å². The van der Waals surface area contributed by atoms with E-state index in [9.17, 15) is 5.11 Å². The second kappa shape index (κ2) is 6.41. The summed E-state index contributed by atoms with van der Waals surface area (Å²) < 4.78 is 0. The first kappa shape index (κ1) is 16.0. The van der Waals surface area contributed by atoms with Crippen LogP contribution in [0, 0.1) is 0 Å². The lowest BCUT2D eigenvalue weighted by atomic mass is 9.89. The maximum absolute atomic E-state index is 10.3. The van der Waals surface area contributed by atoms with Gasteiger partial charge in [-0.3, -0.25) is 0 Å². The van der Waals surface area contributed by atoms with Crippen molar-refractivity contribution < 1.29 is 5.11 Å². The molecule has 3 heterocycles. The van der Waals surface area contributed by atoms with Crippen molar-refractivity contribution in [3.8, 4) is 17.0 Å². The molecule has 25 heavy (non-hydrogen) atoms. The monoisotopic (exact) mass is 336 g/mol. The van der Waals surface area contributed by atoms with Gasteiger partial charge in [0.15, 0.2) is 11.6 Å². The highest BCUT2D eigenvalue weighted by Gasteiger charge is 2.19. The molecule has 1 aliphatic heterocycles. The zero-order valence-electron chi connectivity index (χ0n) is 14.5. The number of nitrogens with zero attached hydrogens (tertiary/aromatic N) is 1. The SMILES string of the molecule is CCc1c(-c2ccnc(N)c2O)[nH]c2ccc(C3CCNCC3)cc12. The summed E-state index contributed by atoms with van der Waals surface area (Å²) in [5.74, 6) is 0.828. The third-order valence-corrected chi connectivity index (χ3v) is 5.32. The van der Waals surface area contributed by atoms with Crippen LogP contribution in [0.25, 0.3) is 22.2 Å². The lowest BCUT2D eigenvalue weighted by molar-refractivity contribution is 0.460. The van der Waals surface area contributed by atoms with Gasteiger partial charge < -0.3 is 21.1 Å². The summed E-state index contributed by atoms with van der Waals surface area (Å²) in [6, 6.07) is 8.53. The Kier molecular flexibility index (Phi) is 4.09. The van der Waals surface area contributed by atoms with Gasteiger partial charge >= 0.3 is 0 Å². The molecule has 5 nitrogen and oxygen atoms in total. The number of aromatic amines is 1. The number of anilines is 1. The number of benzene rings is 1. The standard InChI is InChI=1S/C20H24N4O/c1-2-14-16-11-13(12-5-8-22-9-6-12)3-4-17(16)24-18(14)15-7-10-23-20(21)19(15)25/h3-4,7,10-12,22,24-25H,2,5-6,8-9H2,1H3,(H2,21,23). The number of aryl methyl sites for hydroxylation is 1. The third kappa shape index (κ3) is 2.74. The average Bonchev–Trinajstić information content (AvgIpc) is 3.02. The third-order valence-electron chi connectivity index (χ3n) is 5.32. The summed E-state index contributed by atoms with van der Waals surface area (Å²) in [4.78, 5) is 7.43. The highest BCUT2D eigenvalue weighted by molar-refractivity contribution is 5.93. The van der Waals surface area contributed by atoms with Gasteiger partial charge in [0.1, 0.15) is 0 Å². The van der Waals surface area contributed by atoms with Crippen LogP contribution in [0.15, 0.2) is 30.5 Å². The molecule has 0 aliphatic carbocycles. The molecule has 3 aromatic rings. The van der Waals surface area contributed by atoms with Crippen LogP contribution in [0.3, 0.4) is 0 Å². The van der Waals surface area contributed by atoms with Crippen LogP contribution in [0.1, 0.15) is 36.8 Å². The van der Waals surface area contributed by atoms with Gasteiger partial charge in [-0.15, -0.1) is 0 Å². The van der Waals surface area contributed by atoms with Gasteiger partial charge in [0.25, 0.3) is 0 Å². The fourth-order valence-corrected chi connectivity index (χ4v) is 3.94. The van der Waals surface area contributed by atoms with E-state index in [0.29, 0.717) is 11.5 Å². The van der Waals surface area contributed by atoms with Crippen molar-refractivity contribution >= 4 is 16.7 Å². The van der Waals surface area contributed by atoms with Gasteiger partial charge in [-0.2, -0.15) is 0 Å². The summed E-state index contributed by atoms with van der Waals surface area (Å²) in [6.07, 6.45) is 4.89. The number of aromatic hydroxyl groups is 1. The Hall–Kier alpha value is -2.53. The van der Waals surface area contributed by atoms with E-state index in [-0.39, 0.29) is 11.6 Å². The first-order chi connectivity index (χ1) is 12.2. The quantitative estimate of drug-likeness (QED) is 0.589. The van der Waals surface area contributed by atoms with E-state index in [2.05, 4.69) is 40.4 Å². The summed E-state index contributed by atoms with van der Waals surface area (Å²) in [7, 11) is 0. The van der Waals surface area contributed by atoms with E-state index in [4.69, 9.17) is 5.73 Å². The molecule has 1 aromatic carbocycles. The molecule has 5 N–H and O–H groups in total. The summed E-state index contributed by atoms with van der Waals surface area (Å²) in [5, 5.41) is 15.0. The summed E-state index contributed by atoms with van der Waals surface area (Å²) in [5.41, 5.74) is 11.2. The molecule has 4 rings (SSSR count). The summed E-state index contributed by atoms with van der Waals surface area (Å²) >= 11 is 0. The van der Waals surface area contributed by atoms with Gasteiger partial charge in [0.2, 0.25) is 0 Å². The van der Waals surface area contributed by atoms with Gasteiger partial charge in [-0.1, -0.05) is 13.0 Å². The lowest BCUT2D eigenvalue weighted by Gasteiger charge is -2.23. The number of hydrogen-bond acceptors (Lipinski definition) is 4. The molecule has 1 aliphatic rings. The Morgan fingerprint density at radius 1 is 1.24 bits per heavy atom. The number of aromatic nitrogens is 2. The van der Waals surface area contributed by atoms with Crippen molar-refractivity contribution in [1.82, 2.24) is 15.3 Å². The number of rotatable bonds is 3. The first-order valence-corrected chi connectivity index (χ1v) is 8.98. The van der Waals surface area contributed by atoms with Crippen LogP contribution in [-0.2, 0) is 6.42 Å². The minimum atomic E-state index is 0.0438. The molecule has 0 radical (unpaired) electrons. The van der Waals surface area contributed by atoms with E-state index >= 15 is 0 Å². The maximum Gasteiger partial charge on any atom is 0.167 e. The number of H-pyrrole nitrogens is 1. The smallest absolute Gasteiger partial charge is 0.167 e. The van der Waals surface area contributed by atoms with Crippen LogP contribution in [0.2, 0.25) is 0 Å². The molecular weight excluding hydrogens is 312 g/mol. The van der Waals surface area contributed by atoms with Crippen molar-refractivity contribution in [2.45, 2.75) is 32.1 Å². The molecule has 130 valence electrons. The summed E-state index contributed by atoms with van der Waals surface area (Å²) in [6.45, 7) is 4.32. The van der Waals surface area contributed by atoms with E-state index < -0.39 is 0 Å². The number of nitrogen functional groups attached to an aromatic ring is 1. The van der Waals surface area contributed by atoms with Crippen molar-refractivity contribution in [3.05, 3.63) is 41.6 Å². The van der Waals surface area contributed by atoms with Crippen LogP contribution in [0.5, 0.6) is 5.75 Å². The minimum Gasteiger partial charge on any atom is -0.504 e. The molecule has 2 aromatic heterocycles. The number of nitrogens with one attached hydrogen (secondary N) is 2. The van der Waals surface area contributed by atoms with Crippen LogP contribution in [-0.4, -0.2) is 28.2 Å². The molecule has 0 saturated carbocycles. The topological polar surface area (TPSA) is 87.0 Å². The van der Waals surface area contributed by atoms with E-state index in [0.717, 1.165) is 30.7 Å². The molecular formula is C20H24N4O. The van der Waals surface area contributed by atoms with Gasteiger partial charge in [0.05, 0.1) is 5.69 Å². The first-order valence-electron chi connectivity index (χ1n) is 8.98. The largest absolute Gasteiger partial charge is 0.504 e. The molecule has 1 fully saturated rings. The highest BCUT2D eigenvalue weighted by atomic mass is 16.3.